The van der Waals surface area contributed by atoms with Crippen molar-refractivity contribution in [1.82, 2.24) is 0 Å². The summed E-state index contributed by atoms with van der Waals surface area (Å²) in [4.78, 5) is 11.3. The van der Waals surface area contributed by atoms with E-state index in [4.69, 9.17) is 10.7 Å². The Kier molecular flexibility index (Phi) is 4.58. The first-order chi connectivity index (χ1) is 8.58. The molecule has 0 saturated carbocycles. The Morgan fingerprint density at radius 3 is 2.42 bits per heavy atom. The fraction of sp³-hybridized carbons (Fsp3) is 0.417. The van der Waals surface area contributed by atoms with Gasteiger partial charge in [-0.3, -0.25) is 4.79 Å². The first-order valence-corrected chi connectivity index (χ1v) is 7.94. The average molecular weight is 308 g/mol. The number of nitrogens with one attached hydrogen (secondary N) is 1. The van der Waals surface area contributed by atoms with Gasteiger partial charge in [-0.2, -0.15) is 0 Å². The van der Waals surface area contributed by atoms with Crippen LogP contribution in [0, 0.1) is 11.2 Å². The van der Waals surface area contributed by atoms with E-state index in [0.717, 1.165) is 12.1 Å². The second-order valence-electron chi connectivity index (χ2n) is 4.77. The molecule has 106 valence electrons. The van der Waals surface area contributed by atoms with Crippen molar-refractivity contribution in [2.45, 2.75) is 32.1 Å². The van der Waals surface area contributed by atoms with Crippen LogP contribution in [0.25, 0.3) is 0 Å². The topological polar surface area (TPSA) is 63.2 Å². The molecule has 4 nitrogen and oxygen atoms in total. The zero-order valence-electron chi connectivity index (χ0n) is 10.8. The van der Waals surface area contributed by atoms with Gasteiger partial charge in [0.05, 0.1) is 0 Å². The van der Waals surface area contributed by atoms with Crippen molar-refractivity contribution in [1.29, 1.82) is 0 Å². The van der Waals surface area contributed by atoms with E-state index in [-0.39, 0.29) is 11.6 Å². The van der Waals surface area contributed by atoms with E-state index in [9.17, 15) is 17.6 Å². The Morgan fingerprint density at radius 1 is 1.42 bits per heavy atom. The van der Waals surface area contributed by atoms with E-state index in [1.54, 1.807) is 13.8 Å². The minimum absolute atomic E-state index is 0.188. The normalized spacial score (nSPS) is 12.3. The zero-order chi connectivity index (χ0) is 14.8. The van der Waals surface area contributed by atoms with Gasteiger partial charge in [0.25, 0.3) is 9.05 Å². The fourth-order valence-electron chi connectivity index (χ4n) is 1.24. The molecule has 1 amide bonds. The van der Waals surface area contributed by atoms with Gasteiger partial charge in [0.15, 0.2) is 0 Å². The summed E-state index contributed by atoms with van der Waals surface area (Å²) in [5, 5.41) is 2.54. The van der Waals surface area contributed by atoms with E-state index in [1.165, 1.54) is 6.07 Å². The van der Waals surface area contributed by atoms with E-state index in [1.807, 2.05) is 6.92 Å². The summed E-state index contributed by atoms with van der Waals surface area (Å²) in [6, 6.07) is 3.24. The number of anilines is 1. The highest BCUT2D eigenvalue weighted by Crippen LogP contribution is 2.25. The minimum atomic E-state index is -4.13. The van der Waals surface area contributed by atoms with E-state index in [2.05, 4.69) is 5.32 Å². The van der Waals surface area contributed by atoms with Crippen molar-refractivity contribution < 1.29 is 17.6 Å². The molecular weight excluding hydrogens is 293 g/mol. The maximum atomic E-state index is 13.6. The van der Waals surface area contributed by atoms with Crippen LogP contribution < -0.4 is 5.32 Å². The monoisotopic (exact) mass is 307 g/mol. The number of amides is 1. The minimum Gasteiger partial charge on any atom is -0.326 e. The molecule has 0 heterocycles. The molecule has 1 N–H and O–H groups in total. The summed E-state index contributed by atoms with van der Waals surface area (Å²) < 4.78 is 35.6. The van der Waals surface area contributed by atoms with Gasteiger partial charge in [0, 0.05) is 21.8 Å². The summed E-state index contributed by atoms with van der Waals surface area (Å²) >= 11 is 0. The van der Waals surface area contributed by atoms with Gasteiger partial charge in [-0.25, -0.2) is 12.8 Å². The molecule has 0 atom stereocenters. The molecule has 0 fully saturated rings. The van der Waals surface area contributed by atoms with Gasteiger partial charge < -0.3 is 5.32 Å². The van der Waals surface area contributed by atoms with Crippen LogP contribution in [0.2, 0.25) is 0 Å². The summed E-state index contributed by atoms with van der Waals surface area (Å²) in [5.74, 6) is -1.27. The third kappa shape index (κ3) is 3.91. The van der Waals surface area contributed by atoms with Gasteiger partial charge in [-0.1, -0.05) is 20.8 Å². The number of halogens is 2. The summed E-state index contributed by atoms with van der Waals surface area (Å²) in [6.07, 6.45) is 0.620. The van der Waals surface area contributed by atoms with Crippen molar-refractivity contribution in [3.05, 3.63) is 24.0 Å². The summed E-state index contributed by atoms with van der Waals surface area (Å²) in [6.45, 7) is 5.38. The highest BCUT2D eigenvalue weighted by Gasteiger charge is 2.25. The van der Waals surface area contributed by atoms with Crippen LogP contribution in [0.4, 0.5) is 10.1 Å². The molecule has 7 heteroatoms. The highest BCUT2D eigenvalue weighted by atomic mass is 35.7. The molecule has 1 aromatic rings. The number of hydrogen-bond acceptors (Lipinski definition) is 3. The van der Waals surface area contributed by atoms with Gasteiger partial charge in [0.2, 0.25) is 5.91 Å². The highest BCUT2D eigenvalue weighted by molar-refractivity contribution is 8.13. The first-order valence-electron chi connectivity index (χ1n) is 5.63. The largest absolute Gasteiger partial charge is 0.326 e. The Morgan fingerprint density at radius 2 is 2.00 bits per heavy atom. The Bertz CT molecular complexity index is 599. The van der Waals surface area contributed by atoms with Gasteiger partial charge in [-0.15, -0.1) is 0 Å². The second-order valence-corrected chi connectivity index (χ2v) is 7.31. The Hall–Kier alpha value is -1.14. The van der Waals surface area contributed by atoms with Crippen LogP contribution in [0.1, 0.15) is 27.2 Å². The molecule has 0 saturated heterocycles. The Labute approximate surface area is 116 Å². The molecule has 0 radical (unpaired) electrons. The standard InChI is InChI=1S/C12H15ClFNO3S/c1-4-12(2,3)11(16)15-8-5-6-10(9(14)7-8)19(13,17)18/h5-7H,4H2,1-3H3,(H,15,16). The molecule has 0 aliphatic rings. The lowest BCUT2D eigenvalue weighted by Crippen LogP contribution is -2.30. The van der Waals surface area contributed by atoms with Crippen LogP contribution in [-0.2, 0) is 13.8 Å². The van der Waals surface area contributed by atoms with Crippen molar-refractivity contribution >= 4 is 31.3 Å². The number of carbonyl (C=O) groups excluding carboxylic acids is 1. The number of carbonyl (C=O) groups is 1. The average Bonchev–Trinajstić information content (AvgIpc) is 2.27. The number of benzene rings is 1. The third-order valence-corrected chi connectivity index (χ3v) is 4.31. The maximum Gasteiger partial charge on any atom is 0.264 e. The second kappa shape index (κ2) is 5.46. The summed E-state index contributed by atoms with van der Waals surface area (Å²) in [5.41, 5.74) is -0.402. The zero-order valence-corrected chi connectivity index (χ0v) is 12.4. The lowest BCUT2D eigenvalue weighted by molar-refractivity contribution is -0.124. The van der Waals surface area contributed by atoms with Crippen LogP contribution in [-0.4, -0.2) is 14.3 Å². The fourth-order valence-corrected chi connectivity index (χ4v) is 2.14. The van der Waals surface area contributed by atoms with Gasteiger partial charge in [-0.05, 0) is 24.6 Å². The number of hydrogen-bond donors (Lipinski definition) is 1. The lowest BCUT2D eigenvalue weighted by Gasteiger charge is -2.21. The maximum absolute atomic E-state index is 13.6. The van der Waals surface area contributed by atoms with Crippen LogP contribution in [0.5, 0.6) is 0 Å². The molecule has 0 aromatic heterocycles. The molecule has 0 bridgehead atoms. The number of rotatable bonds is 4. The van der Waals surface area contributed by atoms with Crippen molar-refractivity contribution in [3.8, 4) is 0 Å². The van der Waals surface area contributed by atoms with Crippen LogP contribution in [0.3, 0.4) is 0 Å². The molecule has 1 aromatic carbocycles. The predicted octanol–water partition coefficient (Wildman–Crippen LogP) is 3.13. The van der Waals surface area contributed by atoms with Crippen LogP contribution in [0.15, 0.2) is 23.1 Å². The molecule has 0 aliphatic heterocycles. The molecule has 1 rings (SSSR count). The molecule has 0 aliphatic carbocycles. The summed E-state index contributed by atoms with van der Waals surface area (Å²) in [7, 11) is 0.935. The smallest absolute Gasteiger partial charge is 0.264 e. The molecule has 0 unspecified atom stereocenters. The van der Waals surface area contributed by atoms with Gasteiger partial charge in [0.1, 0.15) is 10.7 Å². The van der Waals surface area contributed by atoms with Gasteiger partial charge >= 0.3 is 0 Å². The quantitative estimate of drug-likeness (QED) is 0.869. The SMILES string of the molecule is CCC(C)(C)C(=O)Nc1ccc(S(=O)(=O)Cl)c(F)c1. The van der Waals surface area contributed by atoms with E-state index < -0.39 is 25.2 Å². The molecule has 19 heavy (non-hydrogen) atoms. The molecule has 0 spiro atoms. The molecular formula is C12H15ClFNO3S. The predicted molar refractivity (Wildman–Crippen MR) is 72.1 cm³/mol. The van der Waals surface area contributed by atoms with E-state index >= 15 is 0 Å². The van der Waals surface area contributed by atoms with E-state index in [0.29, 0.717) is 6.42 Å². The van der Waals surface area contributed by atoms with Crippen molar-refractivity contribution in [2.24, 2.45) is 5.41 Å². The van der Waals surface area contributed by atoms with Crippen molar-refractivity contribution in [2.75, 3.05) is 5.32 Å². The van der Waals surface area contributed by atoms with Crippen LogP contribution >= 0.6 is 10.7 Å². The first kappa shape index (κ1) is 15.9. The lowest BCUT2D eigenvalue weighted by atomic mass is 9.89. The van der Waals surface area contributed by atoms with Crippen molar-refractivity contribution in [3.63, 3.8) is 0 Å². The Balaban J connectivity index is 3.01. The third-order valence-electron chi connectivity index (χ3n) is 2.95.